The Hall–Kier alpha value is -4.34. The fourth-order valence-electron chi connectivity index (χ4n) is 4.62. The average molecular weight is 585 g/mol. The van der Waals surface area contributed by atoms with Gasteiger partial charge in [-0.2, -0.15) is 0 Å². The van der Waals surface area contributed by atoms with Gasteiger partial charge in [-0.3, -0.25) is 14.5 Å². The maximum absolute atomic E-state index is 12.3. The van der Waals surface area contributed by atoms with Crippen LogP contribution in [-0.2, 0) is 39.6 Å². The van der Waals surface area contributed by atoms with E-state index in [0.29, 0.717) is 18.6 Å². The molecule has 2 aromatic rings. The van der Waals surface area contributed by atoms with Crippen LogP contribution in [0.1, 0.15) is 59.6 Å². The number of benzene rings is 2. The Morgan fingerprint density at radius 2 is 1.52 bits per heavy atom. The van der Waals surface area contributed by atoms with E-state index in [0.717, 1.165) is 5.56 Å². The van der Waals surface area contributed by atoms with E-state index in [1.165, 1.54) is 12.0 Å². The fourth-order valence-corrected chi connectivity index (χ4v) is 4.62. The van der Waals surface area contributed by atoms with E-state index in [4.69, 9.17) is 18.9 Å². The van der Waals surface area contributed by atoms with Crippen LogP contribution in [0.2, 0.25) is 0 Å². The first-order valence-electron chi connectivity index (χ1n) is 12.8. The summed E-state index contributed by atoms with van der Waals surface area (Å²) < 4.78 is 20.2. The van der Waals surface area contributed by atoms with E-state index < -0.39 is 34.7 Å². The molecule has 0 bridgehead atoms. The molecule has 42 heavy (non-hydrogen) atoms. The van der Waals surface area contributed by atoms with Gasteiger partial charge in [-0.25, -0.2) is 9.59 Å². The summed E-state index contributed by atoms with van der Waals surface area (Å²) >= 11 is 0. The summed E-state index contributed by atoms with van der Waals surface area (Å²) in [6.07, 6.45) is 1.31. The molecule has 0 aromatic heterocycles. The zero-order valence-corrected chi connectivity index (χ0v) is 23.3. The minimum atomic E-state index is -1.11. The maximum Gasteiger partial charge on any atom is 0.411 e. The molecule has 2 aromatic carbocycles. The van der Waals surface area contributed by atoms with Gasteiger partial charge in [0.25, 0.3) is 0 Å². The molecule has 2 amide bonds. The Balaban J connectivity index is 0.000000446. The van der Waals surface area contributed by atoms with Gasteiger partial charge in [0, 0.05) is 0 Å². The summed E-state index contributed by atoms with van der Waals surface area (Å²) in [5.74, 6) is -1.08. The van der Waals surface area contributed by atoms with Gasteiger partial charge < -0.3 is 24.3 Å². The molecule has 4 rings (SSSR count). The van der Waals surface area contributed by atoms with Crippen molar-refractivity contribution in [3.63, 3.8) is 0 Å². The average Bonchev–Trinajstić information content (AvgIpc) is 3.45. The third kappa shape index (κ3) is 8.58. The van der Waals surface area contributed by atoms with Crippen LogP contribution in [0.25, 0.3) is 0 Å². The van der Waals surface area contributed by atoms with Crippen molar-refractivity contribution in [2.75, 3.05) is 26.9 Å². The first-order chi connectivity index (χ1) is 18.9. The number of hydrogen-bond acceptors (Lipinski definition) is 8. The van der Waals surface area contributed by atoms with Crippen molar-refractivity contribution in [3.8, 4) is 0 Å². The van der Waals surface area contributed by atoms with Crippen LogP contribution < -0.4 is 5.32 Å². The van der Waals surface area contributed by atoms with Crippen LogP contribution >= 0.6 is 0 Å². The maximum atomic E-state index is 12.3. The van der Waals surface area contributed by atoms with Crippen molar-refractivity contribution in [1.82, 2.24) is 10.2 Å². The van der Waals surface area contributed by atoms with Crippen LogP contribution in [0.3, 0.4) is 0 Å². The quantitative estimate of drug-likeness (QED) is 0.238. The van der Waals surface area contributed by atoms with Crippen molar-refractivity contribution in [2.45, 2.75) is 65.1 Å². The van der Waals surface area contributed by atoms with Crippen LogP contribution in [0, 0.1) is 0 Å². The topological polar surface area (TPSA) is 120 Å². The fraction of sp³-hybridized carbons (Fsp3) is 0.438. The van der Waals surface area contributed by atoms with E-state index in [2.05, 4.69) is 11.9 Å². The molecule has 0 radical (unpaired) electrons. The predicted octanol–water partition coefficient (Wildman–Crippen LogP) is 5.71. The molecule has 0 spiro atoms. The lowest BCUT2D eigenvalue weighted by atomic mass is 9.86. The number of alkyl carbamates (subject to hydrolysis) is 1. The first-order valence-corrected chi connectivity index (χ1v) is 12.8. The molecule has 10 nitrogen and oxygen atoms in total. The lowest BCUT2D eigenvalue weighted by Gasteiger charge is -2.35. The Kier molecular flexibility index (Phi) is 12.8. The molecule has 230 valence electrons. The molecule has 2 atom stereocenters. The Morgan fingerprint density at radius 3 is 2.00 bits per heavy atom. The number of rotatable bonds is 8. The van der Waals surface area contributed by atoms with Gasteiger partial charge in [0.05, 0.1) is 13.5 Å². The van der Waals surface area contributed by atoms with E-state index in [-0.39, 0.29) is 40.5 Å². The minimum absolute atomic E-state index is 0. The Labute approximate surface area is 249 Å². The number of nitrogens with one attached hydrogen (secondary N) is 1. The lowest BCUT2D eigenvalue weighted by Crippen LogP contribution is -2.49. The molecule has 2 saturated heterocycles. The normalized spacial score (nSPS) is 20.7. The summed E-state index contributed by atoms with van der Waals surface area (Å²) in [5.41, 5.74) is -0.480. The largest absolute Gasteiger partial charge is 0.469 e. The van der Waals surface area contributed by atoms with Gasteiger partial charge in [0.1, 0.15) is 36.4 Å². The number of hydrogen-bond donors (Lipinski definition) is 1. The monoisotopic (exact) mass is 584 g/mol. The number of nitrogens with zero attached hydrogens (tertiary/aromatic N) is 1. The van der Waals surface area contributed by atoms with Gasteiger partial charge in [-0.1, -0.05) is 81.6 Å². The standard InChI is InChI=1S/C18H23NO6.C12H13NO2.2CH4/c1-17(2,3)25-15(21)11-19-16(22)24-12-18(19,10-14(20)23-4)13-8-6-5-7-9-13;1-2-8-12(9-15-11(14)13-12)10-6-4-3-5-7-10;;/h5-9H,10-12H2,1-4H3;2-7H,1,8-9H2,(H,13,14);2*1H4. The van der Waals surface area contributed by atoms with Gasteiger partial charge in [0.2, 0.25) is 0 Å². The summed E-state index contributed by atoms with van der Waals surface area (Å²) in [6, 6.07) is 18.8. The molecule has 10 heteroatoms. The molecule has 1 N–H and O–H groups in total. The molecular weight excluding hydrogens is 540 g/mol. The second-order valence-electron chi connectivity index (χ2n) is 10.5. The summed E-state index contributed by atoms with van der Waals surface area (Å²) in [5, 5.41) is 2.85. The number of carbonyl (C=O) groups excluding carboxylic acids is 4. The molecule has 2 unspecified atom stereocenters. The molecule has 2 aliphatic rings. The molecule has 0 saturated carbocycles. The van der Waals surface area contributed by atoms with Crippen LogP contribution in [0.4, 0.5) is 9.59 Å². The summed E-state index contributed by atoms with van der Waals surface area (Å²) in [7, 11) is 1.27. The van der Waals surface area contributed by atoms with Crippen molar-refractivity contribution < 1.29 is 38.1 Å². The van der Waals surface area contributed by atoms with Crippen molar-refractivity contribution in [2.24, 2.45) is 0 Å². The third-order valence-corrected chi connectivity index (χ3v) is 6.46. The zero-order chi connectivity index (χ0) is 29.4. The number of esters is 2. The highest BCUT2D eigenvalue weighted by molar-refractivity contribution is 5.82. The number of ether oxygens (including phenoxy) is 4. The highest BCUT2D eigenvalue weighted by Gasteiger charge is 2.51. The van der Waals surface area contributed by atoms with Crippen LogP contribution in [-0.4, -0.2) is 61.5 Å². The predicted molar refractivity (Wildman–Crippen MR) is 160 cm³/mol. The SMILES string of the molecule is C.C.C=CCC1(c2ccccc2)COC(=O)N1.COC(=O)CC1(c2ccccc2)COC(=O)N1CC(=O)OC(C)(C)C. The zero-order valence-electron chi connectivity index (χ0n) is 23.3. The number of carbonyl (C=O) groups is 4. The summed E-state index contributed by atoms with van der Waals surface area (Å²) in [6.45, 7) is 8.94. The van der Waals surface area contributed by atoms with Crippen LogP contribution in [0.15, 0.2) is 73.3 Å². The second kappa shape index (κ2) is 15.0. The number of cyclic esters (lactones) is 2. The summed E-state index contributed by atoms with van der Waals surface area (Å²) in [4.78, 5) is 48.9. The first kappa shape index (κ1) is 35.7. The van der Waals surface area contributed by atoms with Gasteiger partial charge >= 0.3 is 24.1 Å². The number of amides is 2. The Bertz CT molecular complexity index is 1210. The van der Waals surface area contributed by atoms with E-state index in [9.17, 15) is 19.2 Å². The van der Waals surface area contributed by atoms with Gasteiger partial charge in [-0.15, -0.1) is 6.58 Å². The highest BCUT2D eigenvalue weighted by atomic mass is 16.6. The van der Waals surface area contributed by atoms with Crippen LogP contribution in [0.5, 0.6) is 0 Å². The third-order valence-electron chi connectivity index (χ3n) is 6.46. The van der Waals surface area contributed by atoms with Crippen molar-refractivity contribution >= 4 is 24.1 Å². The van der Waals surface area contributed by atoms with E-state index in [1.54, 1.807) is 51.1 Å². The molecule has 2 heterocycles. The molecule has 0 aliphatic carbocycles. The van der Waals surface area contributed by atoms with Gasteiger partial charge in [0.15, 0.2) is 0 Å². The van der Waals surface area contributed by atoms with E-state index >= 15 is 0 Å². The highest BCUT2D eigenvalue weighted by Crippen LogP contribution is 2.38. The molecule has 2 aliphatic heterocycles. The number of methoxy groups -OCH3 is 1. The molecular formula is C32H44N2O8. The minimum Gasteiger partial charge on any atom is -0.469 e. The van der Waals surface area contributed by atoms with Crippen molar-refractivity contribution in [1.29, 1.82) is 0 Å². The van der Waals surface area contributed by atoms with E-state index in [1.807, 2.05) is 36.4 Å². The smallest absolute Gasteiger partial charge is 0.411 e. The lowest BCUT2D eigenvalue weighted by molar-refractivity contribution is -0.157. The molecule has 2 fully saturated rings. The second-order valence-corrected chi connectivity index (χ2v) is 10.5. The van der Waals surface area contributed by atoms with Gasteiger partial charge in [-0.05, 0) is 38.3 Å². The Morgan fingerprint density at radius 1 is 0.952 bits per heavy atom. The van der Waals surface area contributed by atoms with Crippen molar-refractivity contribution in [3.05, 3.63) is 84.4 Å².